The number of furan rings is 1. The zero-order valence-corrected chi connectivity index (χ0v) is 13.2. The van der Waals surface area contributed by atoms with Gasteiger partial charge in [0.1, 0.15) is 12.4 Å². The van der Waals surface area contributed by atoms with E-state index in [1.54, 1.807) is 17.6 Å². The van der Waals surface area contributed by atoms with Crippen LogP contribution in [0.4, 0.5) is 0 Å². The van der Waals surface area contributed by atoms with Gasteiger partial charge < -0.3 is 14.3 Å². The standard InChI is InChI=1S/C16H23NO3S/c1-2-7-17(11-16-6-4-9-21-16)10-14(18)12-19-13-15-5-3-8-20-15/h3-6,8-9,14,18H,2,7,10-13H2,1H3/t14-/m1/s1. The molecule has 0 amide bonds. The lowest BCUT2D eigenvalue weighted by Crippen LogP contribution is -2.34. The highest BCUT2D eigenvalue weighted by Crippen LogP contribution is 2.12. The molecule has 4 nitrogen and oxygen atoms in total. The Morgan fingerprint density at radius 2 is 2.29 bits per heavy atom. The van der Waals surface area contributed by atoms with Gasteiger partial charge in [-0.05, 0) is 36.5 Å². The summed E-state index contributed by atoms with van der Waals surface area (Å²) in [7, 11) is 0. The Morgan fingerprint density at radius 1 is 1.38 bits per heavy atom. The Labute approximate surface area is 130 Å². The number of ether oxygens (including phenoxy) is 1. The van der Waals surface area contributed by atoms with Gasteiger partial charge in [-0.15, -0.1) is 11.3 Å². The maximum Gasteiger partial charge on any atom is 0.129 e. The van der Waals surface area contributed by atoms with E-state index < -0.39 is 6.10 Å². The fourth-order valence-electron chi connectivity index (χ4n) is 2.22. The molecule has 0 aromatic carbocycles. The molecule has 1 N–H and O–H groups in total. The molecule has 2 aromatic rings. The van der Waals surface area contributed by atoms with Gasteiger partial charge >= 0.3 is 0 Å². The van der Waals surface area contributed by atoms with E-state index in [1.165, 1.54) is 4.88 Å². The minimum Gasteiger partial charge on any atom is -0.467 e. The summed E-state index contributed by atoms with van der Waals surface area (Å²) in [6, 6.07) is 7.89. The number of hydrogen-bond acceptors (Lipinski definition) is 5. The molecule has 0 aliphatic carbocycles. The smallest absolute Gasteiger partial charge is 0.129 e. The molecule has 0 aliphatic heterocycles. The summed E-state index contributed by atoms with van der Waals surface area (Å²) in [6.45, 7) is 5.38. The average Bonchev–Trinajstić information content (AvgIpc) is 3.12. The molecule has 0 saturated carbocycles. The summed E-state index contributed by atoms with van der Waals surface area (Å²) < 4.78 is 10.7. The first-order valence-corrected chi connectivity index (χ1v) is 8.18. The Morgan fingerprint density at radius 3 is 2.95 bits per heavy atom. The lowest BCUT2D eigenvalue weighted by molar-refractivity contribution is 0.00401. The average molecular weight is 309 g/mol. The minimum atomic E-state index is -0.480. The fraction of sp³-hybridized carbons (Fsp3) is 0.500. The Balaban J connectivity index is 1.71. The van der Waals surface area contributed by atoms with Crippen LogP contribution in [0.1, 0.15) is 24.0 Å². The van der Waals surface area contributed by atoms with E-state index in [2.05, 4.69) is 29.3 Å². The van der Waals surface area contributed by atoms with Crippen LogP contribution in [0.25, 0.3) is 0 Å². The number of hydrogen-bond donors (Lipinski definition) is 1. The summed E-state index contributed by atoms with van der Waals surface area (Å²) >= 11 is 1.75. The van der Waals surface area contributed by atoms with Crippen molar-refractivity contribution < 1.29 is 14.3 Å². The molecular formula is C16H23NO3S. The van der Waals surface area contributed by atoms with Gasteiger partial charge in [-0.2, -0.15) is 0 Å². The van der Waals surface area contributed by atoms with Crippen LogP contribution >= 0.6 is 11.3 Å². The Hall–Kier alpha value is -1.14. The van der Waals surface area contributed by atoms with E-state index in [-0.39, 0.29) is 0 Å². The third-order valence-corrected chi connectivity index (χ3v) is 3.96. The molecule has 0 unspecified atom stereocenters. The molecule has 5 heteroatoms. The summed E-state index contributed by atoms with van der Waals surface area (Å²) in [5, 5.41) is 12.2. The second kappa shape index (κ2) is 9.00. The summed E-state index contributed by atoms with van der Waals surface area (Å²) in [5.41, 5.74) is 0. The number of rotatable bonds is 10. The first kappa shape index (κ1) is 16.2. The molecule has 2 rings (SSSR count). The van der Waals surface area contributed by atoms with Crippen molar-refractivity contribution in [3.63, 3.8) is 0 Å². The van der Waals surface area contributed by atoms with Crippen molar-refractivity contribution in [3.05, 3.63) is 46.5 Å². The molecule has 21 heavy (non-hydrogen) atoms. The molecule has 0 radical (unpaired) electrons. The highest BCUT2D eigenvalue weighted by molar-refractivity contribution is 7.09. The molecule has 0 spiro atoms. The maximum atomic E-state index is 10.1. The number of aliphatic hydroxyl groups excluding tert-OH is 1. The van der Waals surface area contributed by atoms with Crippen LogP contribution in [0, 0.1) is 0 Å². The van der Waals surface area contributed by atoms with Gasteiger partial charge in [0.2, 0.25) is 0 Å². The Bertz CT molecular complexity index is 470. The molecule has 0 bridgehead atoms. The highest BCUT2D eigenvalue weighted by atomic mass is 32.1. The van der Waals surface area contributed by atoms with Gasteiger partial charge in [0.05, 0.1) is 19.0 Å². The van der Waals surface area contributed by atoms with Crippen molar-refractivity contribution in [3.8, 4) is 0 Å². The summed E-state index contributed by atoms with van der Waals surface area (Å²) in [4.78, 5) is 3.60. The number of nitrogens with zero attached hydrogens (tertiary/aromatic N) is 1. The lowest BCUT2D eigenvalue weighted by Gasteiger charge is -2.24. The van der Waals surface area contributed by atoms with Crippen LogP contribution in [0.5, 0.6) is 0 Å². The molecule has 0 aliphatic rings. The molecule has 0 fully saturated rings. The second-order valence-electron chi connectivity index (χ2n) is 5.06. The number of thiophene rings is 1. The normalized spacial score (nSPS) is 12.9. The van der Waals surface area contributed by atoms with Crippen LogP contribution in [0.3, 0.4) is 0 Å². The number of aliphatic hydroxyl groups is 1. The SMILES string of the molecule is CCCN(Cc1cccs1)C[C@@H](O)COCc1ccco1. The zero-order chi connectivity index (χ0) is 14.9. The highest BCUT2D eigenvalue weighted by Gasteiger charge is 2.12. The predicted molar refractivity (Wildman–Crippen MR) is 84.3 cm³/mol. The van der Waals surface area contributed by atoms with Crippen molar-refractivity contribution >= 4 is 11.3 Å². The van der Waals surface area contributed by atoms with E-state index in [0.29, 0.717) is 19.8 Å². The van der Waals surface area contributed by atoms with Crippen LogP contribution in [0.15, 0.2) is 40.3 Å². The third-order valence-electron chi connectivity index (χ3n) is 3.10. The quantitative estimate of drug-likeness (QED) is 0.732. The van der Waals surface area contributed by atoms with E-state index in [0.717, 1.165) is 25.3 Å². The third kappa shape index (κ3) is 6.01. The van der Waals surface area contributed by atoms with Crippen molar-refractivity contribution in [1.82, 2.24) is 4.90 Å². The molecule has 0 saturated heterocycles. The van der Waals surface area contributed by atoms with Crippen molar-refractivity contribution in [1.29, 1.82) is 0 Å². The second-order valence-corrected chi connectivity index (χ2v) is 6.10. The largest absolute Gasteiger partial charge is 0.467 e. The minimum absolute atomic E-state index is 0.325. The van der Waals surface area contributed by atoms with Crippen LogP contribution in [0.2, 0.25) is 0 Å². The molecular weight excluding hydrogens is 286 g/mol. The molecule has 2 aromatic heterocycles. The van der Waals surface area contributed by atoms with Crippen LogP contribution < -0.4 is 0 Å². The molecule has 1 atom stereocenters. The van der Waals surface area contributed by atoms with E-state index in [4.69, 9.17) is 9.15 Å². The molecule has 2 heterocycles. The van der Waals surface area contributed by atoms with E-state index >= 15 is 0 Å². The lowest BCUT2D eigenvalue weighted by atomic mass is 10.3. The van der Waals surface area contributed by atoms with E-state index in [1.807, 2.05) is 12.1 Å². The summed E-state index contributed by atoms with van der Waals surface area (Å²) in [5.74, 6) is 0.784. The topological polar surface area (TPSA) is 45.8 Å². The van der Waals surface area contributed by atoms with Crippen LogP contribution in [-0.4, -0.2) is 35.8 Å². The first-order valence-electron chi connectivity index (χ1n) is 7.31. The van der Waals surface area contributed by atoms with Gasteiger partial charge in [0.25, 0.3) is 0 Å². The van der Waals surface area contributed by atoms with Gasteiger partial charge in [-0.3, -0.25) is 4.90 Å². The fourth-order valence-corrected chi connectivity index (χ4v) is 2.96. The predicted octanol–water partition coefficient (Wildman–Crippen LogP) is 3.13. The summed E-state index contributed by atoms with van der Waals surface area (Å²) in [6.07, 6.45) is 2.22. The van der Waals surface area contributed by atoms with Gasteiger partial charge in [0, 0.05) is 18.0 Å². The van der Waals surface area contributed by atoms with Gasteiger partial charge in [0.15, 0.2) is 0 Å². The van der Waals surface area contributed by atoms with E-state index in [9.17, 15) is 5.11 Å². The Kier molecular flexibility index (Phi) is 6.95. The van der Waals surface area contributed by atoms with Gasteiger partial charge in [-0.1, -0.05) is 13.0 Å². The van der Waals surface area contributed by atoms with Crippen LogP contribution in [-0.2, 0) is 17.9 Å². The van der Waals surface area contributed by atoms with Crippen molar-refractivity contribution in [2.45, 2.75) is 32.6 Å². The van der Waals surface area contributed by atoms with Crippen molar-refractivity contribution in [2.75, 3.05) is 19.7 Å². The molecule has 116 valence electrons. The van der Waals surface area contributed by atoms with Crippen molar-refractivity contribution in [2.24, 2.45) is 0 Å². The monoisotopic (exact) mass is 309 g/mol. The first-order chi connectivity index (χ1) is 10.3. The van der Waals surface area contributed by atoms with Gasteiger partial charge in [-0.25, -0.2) is 0 Å². The zero-order valence-electron chi connectivity index (χ0n) is 12.4. The maximum absolute atomic E-state index is 10.1.